The Morgan fingerprint density at radius 1 is 1.39 bits per heavy atom. The first-order valence-corrected chi connectivity index (χ1v) is 6.89. The molecule has 0 aliphatic carbocycles. The highest BCUT2D eigenvalue weighted by Crippen LogP contribution is 2.16. The van der Waals surface area contributed by atoms with Gasteiger partial charge in [-0.2, -0.15) is 9.50 Å². The van der Waals surface area contributed by atoms with Gasteiger partial charge in [-0.15, -0.1) is 0 Å². The molecule has 0 radical (unpaired) electrons. The molecule has 4 nitrogen and oxygen atoms in total. The van der Waals surface area contributed by atoms with Crippen LogP contribution in [-0.4, -0.2) is 24.9 Å². The molecule has 0 unspecified atom stereocenters. The van der Waals surface area contributed by atoms with Gasteiger partial charge in [0.2, 0.25) is 0 Å². The molecule has 2 rings (SSSR count). The Balaban J connectivity index is 2.35. The maximum absolute atomic E-state index is 12.0. The molecule has 0 amide bonds. The topological polar surface area (TPSA) is 58.1 Å². The quantitative estimate of drug-likeness (QED) is 0.847. The van der Waals surface area contributed by atoms with Gasteiger partial charge in [0.25, 0.3) is 0 Å². The number of hydrogen-bond donors (Lipinski definition) is 1. The first kappa shape index (κ1) is 13.0. The summed E-state index contributed by atoms with van der Waals surface area (Å²) >= 11 is 0. The predicted molar refractivity (Wildman–Crippen MR) is 76.2 cm³/mol. The lowest BCUT2D eigenvalue weighted by atomic mass is 10.1. The molecule has 1 atom stereocenters. The zero-order valence-electron chi connectivity index (χ0n) is 11.0. The van der Waals surface area contributed by atoms with Crippen LogP contribution in [0.15, 0.2) is 28.8 Å². The van der Waals surface area contributed by atoms with Crippen molar-refractivity contribution in [3.05, 3.63) is 30.0 Å². The Morgan fingerprint density at radius 3 is 2.78 bits per heavy atom. The van der Waals surface area contributed by atoms with E-state index in [-0.39, 0.29) is 4.75 Å². The number of nitrogens with zero attached hydrogens (tertiary/aromatic N) is 2. The fourth-order valence-corrected chi connectivity index (χ4v) is 2.11. The van der Waals surface area contributed by atoms with Crippen LogP contribution in [-0.2, 0) is 11.0 Å². The highest BCUT2D eigenvalue weighted by molar-refractivity contribution is 7.85. The van der Waals surface area contributed by atoms with Crippen molar-refractivity contribution in [1.82, 2.24) is 10.2 Å². The highest BCUT2D eigenvalue weighted by atomic mass is 32.2. The summed E-state index contributed by atoms with van der Waals surface area (Å²) in [5.41, 5.74) is 2.75. The number of aromatic nitrogens is 2. The van der Waals surface area contributed by atoms with E-state index < -0.39 is 11.0 Å². The molecule has 0 aliphatic heterocycles. The van der Waals surface area contributed by atoms with Crippen LogP contribution in [0.5, 0.6) is 0 Å². The van der Waals surface area contributed by atoms with Crippen LogP contribution in [0.4, 0.5) is 0 Å². The van der Waals surface area contributed by atoms with Crippen LogP contribution in [0.1, 0.15) is 33.3 Å². The second-order valence-electron chi connectivity index (χ2n) is 5.21. The minimum Gasteiger partial charge on any atom is -0.278 e. The van der Waals surface area contributed by atoms with Crippen molar-refractivity contribution in [2.24, 2.45) is 4.40 Å². The van der Waals surface area contributed by atoms with Crippen LogP contribution in [0.25, 0.3) is 10.9 Å². The Labute approximate surface area is 109 Å². The molecule has 0 saturated carbocycles. The lowest BCUT2D eigenvalue weighted by molar-refractivity contribution is 0.650. The summed E-state index contributed by atoms with van der Waals surface area (Å²) in [7, 11) is -1.23. The monoisotopic (exact) mass is 263 g/mol. The first-order chi connectivity index (χ1) is 8.38. The van der Waals surface area contributed by atoms with E-state index in [1.165, 1.54) is 0 Å². The minimum atomic E-state index is -1.23. The van der Waals surface area contributed by atoms with E-state index in [1.54, 1.807) is 6.20 Å². The number of rotatable bonds is 2. The van der Waals surface area contributed by atoms with Crippen LogP contribution < -0.4 is 0 Å². The zero-order valence-corrected chi connectivity index (χ0v) is 11.8. The zero-order chi connectivity index (χ0) is 13.3. The Bertz CT molecular complexity index is 622. The molecule has 1 aromatic heterocycles. The van der Waals surface area contributed by atoms with Crippen LogP contribution in [0.3, 0.4) is 0 Å². The second-order valence-corrected chi connectivity index (χ2v) is 7.12. The molecular formula is C13H17N3OS. The lowest BCUT2D eigenvalue weighted by Gasteiger charge is -2.14. The second kappa shape index (κ2) is 4.65. The fourth-order valence-electron chi connectivity index (χ4n) is 1.48. The van der Waals surface area contributed by atoms with Gasteiger partial charge in [-0.25, -0.2) is 4.21 Å². The third-order valence-corrected chi connectivity index (χ3v) is 4.09. The van der Waals surface area contributed by atoms with Crippen molar-refractivity contribution >= 4 is 27.6 Å². The number of hydrogen-bond acceptors (Lipinski definition) is 2. The largest absolute Gasteiger partial charge is 0.278 e. The van der Waals surface area contributed by atoms with Gasteiger partial charge >= 0.3 is 0 Å². The van der Waals surface area contributed by atoms with Gasteiger partial charge < -0.3 is 0 Å². The molecule has 0 saturated heterocycles. The third kappa shape index (κ3) is 2.67. The summed E-state index contributed by atoms with van der Waals surface area (Å²) in [5, 5.41) is 7.91. The van der Waals surface area contributed by atoms with E-state index in [9.17, 15) is 4.21 Å². The fraction of sp³-hybridized carbons (Fsp3) is 0.385. The van der Waals surface area contributed by atoms with Crippen LogP contribution in [0.2, 0.25) is 0 Å². The van der Waals surface area contributed by atoms with Gasteiger partial charge in [0.1, 0.15) is 11.0 Å². The van der Waals surface area contributed by atoms with Crippen LogP contribution >= 0.6 is 0 Å². The van der Waals surface area contributed by atoms with Gasteiger partial charge in [0, 0.05) is 5.39 Å². The molecule has 1 N–H and O–H groups in total. The average molecular weight is 263 g/mol. The smallest absolute Gasteiger partial charge is 0.145 e. The standard InChI is InChI=1S/C13H17N3OS/c1-9(16-18(17)13(2,3)4)10-5-6-12-11(7-10)8-14-15-12/h5-8H,1-4H3,(H,14,15)/t18-/m1/s1. The molecular weight excluding hydrogens is 246 g/mol. The molecule has 0 bridgehead atoms. The Hall–Kier alpha value is -1.49. The van der Waals surface area contributed by atoms with E-state index in [0.717, 1.165) is 22.2 Å². The number of aromatic amines is 1. The minimum absolute atomic E-state index is 0.332. The van der Waals surface area contributed by atoms with Gasteiger partial charge in [-0.1, -0.05) is 6.07 Å². The maximum Gasteiger partial charge on any atom is 0.145 e. The maximum atomic E-state index is 12.0. The van der Waals surface area contributed by atoms with E-state index in [2.05, 4.69) is 14.6 Å². The van der Waals surface area contributed by atoms with Crippen LogP contribution in [0, 0.1) is 0 Å². The van der Waals surface area contributed by atoms with Crippen molar-refractivity contribution in [2.75, 3.05) is 0 Å². The first-order valence-electron chi connectivity index (χ1n) is 5.79. The summed E-state index contributed by atoms with van der Waals surface area (Å²) in [5.74, 6) is 0. The van der Waals surface area contributed by atoms with E-state index >= 15 is 0 Å². The van der Waals surface area contributed by atoms with E-state index in [4.69, 9.17) is 0 Å². The summed E-state index contributed by atoms with van der Waals surface area (Å²) in [4.78, 5) is 0. The van der Waals surface area contributed by atoms with Crippen molar-refractivity contribution in [2.45, 2.75) is 32.4 Å². The van der Waals surface area contributed by atoms with E-state index in [1.807, 2.05) is 45.9 Å². The Kier molecular flexibility index (Phi) is 3.34. The molecule has 5 heteroatoms. The molecule has 1 heterocycles. The summed E-state index contributed by atoms with van der Waals surface area (Å²) in [6.07, 6.45) is 1.77. The van der Waals surface area contributed by atoms with Gasteiger partial charge in [0.05, 0.1) is 22.2 Å². The Morgan fingerprint density at radius 2 is 2.11 bits per heavy atom. The summed E-state index contributed by atoms with van der Waals surface area (Å²) < 4.78 is 15.9. The molecule has 0 spiro atoms. The normalized spacial score (nSPS) is 15.0. The molecule has 0 aliphatic rings. The van der Waals surface area contributed by atoms with Gasteiger partial charge in [-0.3, -0.25) is 5.10 Å². The number of H-pyrrole nitrogens is 1. The average Bonchev–Trinajstić information content (AvgIpc) is 2.74. The van der Waals surface area contributed by atoms with Crippen molar-refractivity contribution in [3.8, 4) is 0 Å². The van der Waals surface area contributed by atoms with Crippen molar-refractivity contribution in [3.63, 3.8) is 0 Å². The van der Waals surface area contributed by atoms with Crippen molar-refractivity contribution in [1.29, 1.82) is 0 Å². The SMILES string of the molecule is CC(=N[S@](=O)C(C)(C)C)c1ccc2[nH]ncc2c1. The molecule has 96 valence electrons. The van der Waals surface area contributed by atoms with Gasteiger partial charge in [-0.05, 0) is 45.4 Å². The number of fused-ring (bicyclic) bond motifs is 1. The highest BCUT2D eigenvalue weighted by Gasteiger charge is 2.19. The molecule has 2 aromatic rings. The summed E-state index contributed by atoms with van der Waals surface area (Å²) in [6.45, 7) is 7.63. The molecule has 1 aromatic carbocycles. The number of benzene rings is 1. The van der Waals surface area contributed by atoms with E-state index in [0.29, 0.717) is 0 Å². The van der Waals surface area contributed by atoms with Crippen molar-refractivity contribution < 1.29 is 4.21 Å². The third-order valence-electron chi connectivity index (χ3n) is 2.60. The molecule has 0 fully saturated rings. The predicted octanol–water partition coefficient (Wildman–Crippen LogP) is 2.83. The van der Waals surface area contributed by atoms with Gasteiger partial charge in [0.15, 0.2) is 0 Å². The summed E-state index contributed by atoms with van der Waals surface area (Å²) in [6, 6.07) is 5.91. The lowest BCUT2D eigenvalue weighted by Crippen LogP contribution is -2.20. The molecule has 18 heavy (non-hydrogen) atoms. The number of nitrogens with one attached hydrogen (secondary N) is 1.